The van der Waals surface area contributed by atoms with E-state index in [1.807, 2.05) is 0 Å². The number of hydrogen-bond acceptors (Lipinski definition) is 6. The predicted molar refractivity (Wildman–Crippen MR) is 84.7 cm³/mol. The predicted octanol–water partition coefficient (Wildman–Crippen LogP) is 2.61. The lowest BCUT2D eigenvalue weighted by Crippen LogP contribution is -2.38. The van der Waals surface area contributed by atoms with E-state index in [-0.39, 0.29) is 23.1 Å². The molecule has 0 saturated carbocycles. The molecule has 1 fully saturated rings. The number of rotatable bonds is 3. The number of hydrogen-bond donors (Lipinski definition) is 0. The fourth-order valence-electron chi connectivity index (χ4n) is 3.05. The zero-order valence-corrected chi connectivity index (χ0v) is 13.6. The van der Waals surface area contributed by atoms with Crippen LogP contribution in [0.3, 0.4) is 0 Å². The largest absolute Gasteiger partial charge is 0.339 e. The quantitative estimate of drug-likeness (QED) is 0.633. The van der Waals surface area contributed by atoms with E-state index in [0.29, 0.717) is 43.2 Å². The number of aromatic nitrogens is 2. The maximum atomic E-state index is 12.7. The van der Waals surface area contributed by atoms with Crippen molar-refractivity contribution in [1.29, 1.82) is 0 Å². The highest BCUT2D eigenvalue weighted by Crippen LogP contribution is 2.30. The number of amides is 1. The van der Waals surface area contributed by atoms with Crippen LogP contribution in [0.4, 0.5) is 5.69 Å². The molecular formula is C16H18N4O4. The van der Waals surface area contributed by atoms with Gasteiger partial charge in [0, 0.05) is 24.6 Å². The number of nitro groups is 1. The Morgan fingerprint density at radius 3 is 2.62 bits per heavy atom. The van der Waals surface area contributed by atoms with E-state index in [1.165, 1.54) is 6.07 Å². The average Bonchev–Trinajstić information content (AvgIpc) is 3.00. The van der Waals surface area contributed by atoms with Gasteiger partial charge >= 0.3 is 0 Å². The first-order valence-corrected chi connectivity index (χ1v) is 7.81. The van der Waals surface area contributed by atoms with Crippen molar-refractivity contribution in [3.8, 4) is 0 Å². The number of carbonyl (C=O) groups excluding carboxylic acids is 1. The molecule has 2 heterocycles. The maximum Gasteiger partial charge on any atom is 0.285 e. The molecule has 0 N–H and O–H groups in total. The number of para-hydroxylation sites is 1. The van der Waals surface area contributed by atoms with Crippen molar-refractivity contribution in [3.63, 3.8) is 0 Å². The van der Waals surface area contributed by atoms with Gasteiger partial charge in [-0.2, -0.15) is 4.98 Å². The summed E-state index contributed by atoms with van der Waals surface area (Å²) in [5.41, 5.74) is 0.520. The molecule has 8 nitrogen and oxygen atoms in total. The molecule has 1 aliphatic heterocycles. The van der Waals surface area contributed by atoms with Crippen molar-refractivity contribution >= 4 is 11.6 Å². The molecule has 1 aliphatic rings. The molecule has 0 aliphatic carbocycles. The lowest BCUT2D eigenvalue weighted by molar-refractivity contribution is -0.385. The van der Waals surface area contributed by atoms with Gasteiger partial charge in [0.05, 0.1) is 4.92 Å². The fraction of sp³-hybridized carbons (Fsp3) is 0.438. The molecule has 126 valence electrons. The summed E-state index contributed by atoms with van der Waals surface area (Å²) in [5, 5.41) is 15.1. The second-order valence-electron chi connectivity index (χ2n) is 5.97. The molecule has 0 unspecified atom stereocenters. The van der Waals surface area contributed by atoms with Crippen LogP contribution in [0, 0.1) is 24.0 Å². The number of likely N-dealkylation sites (tertiary alicyclic amines) is 1. The van der Waals surface area contributed by atoms with E-state index in [9.17, 15) is 14.9 Å². The normalized spacial score (nSPS) is 15.5. The SMILES string of the molecule is Cc1noc(C2CCN(C(=O)c3cccc(C)c3[N+](=O)[O-])CC2)n1. The Labute approximate surface area is 138 Å². The smallest absolute Gasteiger partial charge is 0.285 e. The zero-order valence-electron chi connectivity index (χ0n) is 13.6. The standard InChI is InChI=1S/C16H18N4O4/c1-10-4-3-5-13(14(10)20(22)23)16(21)19-8-6-12(7-9-19)15-17-11(2)18-24-15/h3-5,12H,6-9H2,1-2H3. The van der Waals surface area contributed by atoms with Gasteiger partial charge < -0.3 is 9.42 Å². The summed E-state index contributed by atoms with van der Waals surface area (Å²) in [5.74, 6) is 1.02. The molecule has 0 atom stereocenters. The van der Waals surface area contributed by atoms with Crippen molar-refractivity contribution in [2.45, 2.75) is 32.6 Å². The van der Waals surface area contributed by atoms with Crippen molar-refractivity contribution in [2.75, 3.05) is 13.1 Å². The number of benzene rings is 1. The van der Waals surface area contributed by atoms with Gasteiger partial charge in [-0.1, -0.05) is 17.3 Å². The van der Waals surface area contributed by atoms with Crippen LogP contribution in [-0.4, -0.2) is 39.0 Å². The first-order valence-electron chi connectivity index (χ1n) is 7.81. The van der Waals surface area contributed by atoms with Crippen molar-refractivity contribution in [1.82, 2.24) is 15.0 Å². The van der Waals surface area contributed by atoms with Crippen LogP contribution in [0.5, 0.6) is 0 Å². The van der Waals surface area contributed by atoms with Gasteiger partial charge in [0.25, 0.3) is 11.6 Å². The van der Waals surface area contributed by atoms with Gasteiger partial charge in [-0.15, -0.1) is 0 Å². The van der Waals surface area contributed by atoms with Gasteiger partial charge in [0.2, 0.25) is 5.89 Å². The number of piperidine rings is 1. The van der Waals surface area contributed by atoms with Crippen molar-refractivity contribution in [2.24, 2.45) is 0 Å². The molecule has 0 radical (unpaired) electrons. The summed E-state index contributed by atoms with van der Waals surface area (Å²) in [6.45, 7) is 4.42. The number of nitro benzene ring substituents is 1. The summed E-state index contributed by atoms with van der Waals surface area (Å²) in [6.07, 6.45) is 1.40. The minimum atomic E-state index is -0.490. The Bertz CT molecular complexity index is 778. The van der Waals surface area contributed by atoms with E-state index in [4.69, 9.17) is 4.52 Å². The fourth-order valence-corrected chi connectivity index (χ4v) is 3.05. The van der Waals surface area contributed by atoms with Crippen LogP contribution < -0.4 is 0 Å². The third-order valence-corrected chi connectivity index (χ3v) is 4.33. The minimum Gasteiger partial charge on any atom is -0.339 e. The van der Waals surface area contributed by atoms with E-state index in [2.05, 4.69) is 10.1 Å². The zero-order chi connectivity index (χ0) is 17.3. The molecule has 1 saturated heterocycles. The van der Waals surface area contributed by atoms with Crippen LogP contribution in [0.15, 0.2) is 22.7 Å². The molecule has 0 bridgehead atoms. The maximum absolute atomic E-state index is 12.7. The summed E-state index contributed by atoms with van der Waals surface area (Å²) in [4.78, 5) is 29.4. The molecule has 1 aromatic carbocycles. The monoisotopic (exact) mass is 330 g/mol. The van der Waals surface area contributed by atoms with Gasteiger partial charge in [-0.3, -0.25) is 14.9 Å². The Balaban J connectivity index is 1.74. The topological polar surface area (TPSA) is 102 Å². The molecule has 1 amide bonds. The average molecular weight is 330 g/mol. The Morgan fingerprint density at radius 1 is 1.33 bits per heavy atom. The first-order chi connectivity index (χ1) is 11.5. The first kappa shape index (κ1) is 16.1. The van der Waals surface area contributed by atoms with E-state index in [0.717, 1.165) is 0 Å². The van der Waals surface area contributed by atoms with Gasteiger partial charge in [-0.05, 0) is 32.8 Å². The molecule has 8 heteroatoms. The highest BCUT2D eigenvalue weighted by Gasteiger charge is 2.31. The number of carbonyl (C=O) groups is 1. The summed E-state index contributed by atoms with van der Waals surface area (Å²) < 4.78 is 5.20. The van der Waals surface area contributed by atoms with Crippen LogP contribution in [-0.2, 0) is 0 Å². The number of aryl methyl sites for hydroxylation is 2. The molecular weight excluding hydrogens is 312 g/mol. The lowest BCUT2D eigenvalue weighted by atomic mass is 9.96. The van der Waals surface area contributed by atoms with Gasteiger partial charge in [0.15, 0.2) is 5.82 Å². The number of nitrogens with zero attached hydrogens (tertiary/aromatic N) is 4. The Kier molecular flexibility index (Phi) is 4.28. The van der Waals surface area contributed by atoms with E-state index in [1.54, 1.807) is 30.9 Å². The lowest BCUT2D eigenvalue weighted by Gasteiger charge is -2.30. The van der Waals surface area contributed by atoms with E-state index < -0.39 is 4.92 Å². The van der Waals surface area contributed by atoms with Crippen LogP contribution >= 0.6 is 0 Å². The highest BCUT2D eigenvalue weighted by molar-refractivity contribution is 5.98. The molecule has 1 aromatic heterocycles. The van der Waals surface area contributed by atoms with Gasteiger partial charge in [0.1, 0.15) is 5.56 Å². The third-order valence-electron chi connectivity index (χ3n) is 4.33. The van der Waals surface area contributed by atoms with Crippen molar-refractivity contribution in [3.05, 3.63) is 51.2 Å². The summed E-state index contributed by atoms with van der Waals surface area (Å²) in [6, 6.07) is 4.82. The van der Waals surface area contributed by atoms with Crippen molar-refractivity contribution < 1.29 is 14.2 Å². The third kappa shape index (κ3) is 2.99. The van der Waals surface area contributed by atoms with E-state index >= 15 is 0 Å². The summed E-state index contributed by atoms with van der Waals surface area (Å²) in [7, 11) is 0. The Hall–Kier alpha value is -2.77. The summed E-state index contributed by atoms with van der Waals surface area (Å²) >= 11 is 0. The minimum absolute atomic E-state index is 0.114. The van der Waals surface area contributed by atoms with Crippen LogP contribution in [0.25, 0.3) is 0 Å². The molecule has 24 heavy (non-hydrogen) atoms. The molecule has 3 rings (SSSR count). The van der Waals surface area contributed by atoms with Gasteiger partial charge in [-0.25, -0.2) is 0 Å². The highest BCUT2D eigenvalue weighted by atomic mass is 16.6. The second kappa shape index (κ2) is 6.38. The van der Waals surface area contributed by atoms with Crippen LogP contribution in [0.1, 0.15) is 46.4 Å². The van der Waals surface area contributed by atoms with Crippen LogP contribution in [0.2, 0.25) is 0 Å². The Morgan fingerprint density at radius 2 is 2.04 bits per heavy atom. The molecule has 2 aromatic rings. The molecule has 0 spiro atoms. The second-order valence-corrected chi connectivity index (χ2v) is 5.97.